The Balaban J connectivity index is 0. The lowest BCUT2D eigenvalue weighted by Crippen LogP contribution is -2.33. The minimum Gasteiger partial charge on any atom is -0.351 e. The highest BCUT2D eigenvalue weighted by Gasteiger charge is 2.37. The summed E-state index contributed by atoms with van der Waals surface area (Å²) in [6, 6.07) is 0. The van der Waals surface area contributed by atoms with Crippen LogP contribution in [0.5, 0.6) is 0 Å². The van der Waals surface area contributed by atoms with Crippen LogP contribution >= 0.6 is 0 Å². The van der Waals surface area contributed by atoms with Crippen LogP contribution in [0.2, 0.25) is 0 Å². The smallest absolute Gasteiger partial charge is 0.351 e. The van der Waals surface area contributed by atoms with Gasteiger partial charge in [-0.3, -0.25) is 4.79 Å². The van der Waals surface area contributed by atoms with Gasteiger partial charge in [0.25, 0.3) is 0 Å². The van der Waals surface area contributed by atoms with Gasteiger partial charge in [0.15, 0.2) is 0 Å². The molecule has 0 radical (unpaired) electrons. The van der Waals surface area contributed by atoms with Gasteiger partial charge in [0.2, 0.25) is 0 Å². The molecule has 11 heavy (non-hydrogen) atoms. The molecule has 0 aromatic heterocycles. The Labute approximate surface area is 63.8 Å². The lowest BCUT2D eigenvalue weighted by molar-refractivity contribution is -0.172. The third-order valence-electron chi connectivity index (χ3n) is 0.485. The predicted molar refractivity (Wildman–Crippen MR) is 36.1 cm³/mol. The van der Waals surface area contributed by atoms with Crippen molar-refractivity contribution in [3.05, 3.63) is 0 Å². The molecule has 0 bridgehead atoms. The van der Waals surface area contributed by atoms with E-state index in [-0.39, 0.29) is 0 Å². The van der Waals surface area contributed by atoms with Crippen LogP contribution in [0.25, 0.3) is 0 Å². The molecule has 0 unspecified atom stereocenters. The molecule has 68 valence electrons. The van der Waals surface area contributed by atoms with Gasteiger partial charge in [0.05, 0.1) is 0 Å². The molecule has 0 atom stereocenters. The zero-order valence-electron chi connectivity index (χ0n) is 6.75. The zero-order valence-corrected chi connectivity index (χ0v) is 6.75. The molecule has 0 aliphatic heterocycles. The highest BCUT2D eigenvalue weighted by Crippen LogP contribution is 2.13. The van der Waals surface area contributed by atoms with Gasteiger partial charge in [-0.15, -0.1) is 0 Å². The zero-order chi connectivity index (χ0) is 9.49. The number of carbonyl (C=O) groups is 1. The first kappa shape index (κ1) is 12.9. The number of hydrogen-bond acceptors (Lipinski definition) is 1. The predicted octanol–water partition coefficient (Wildman–Crippen LogP) is 1.71. The van der Waals surface area contributed by atoms with Gasteiger partial charge in [-0.25, -0.2) is 0 Å². The van der Waals surface area contributed by atoms with Crippen LogP contribution < -0.4 is 5.32 Å². The molecule has 0 rings (SSSR count). The fraction of sp³-hybridized carbons (Fsp3) is 0.833. The van der Waals surface area contributed by atoms with Gasteiger partial charge < -0.3 is 5.32 Å². The van der Waals surface area contributed by atoms with Gasteiger partial charge in [0.1, 0.15) is 0 Å². The van der Waals surface area contributed by atoms with Crippen molar-refractivity contribution in [2.24, 2.45) is 0 Å². The molecule has 0 aromatic carbocycles. The van der Waals surface area contributed by atoms with Crippen molar-refractivity contribution >= 4 is 5.91 Å². The largest absolute Gasteiger partial charge is 0.471 e. The summed E-state index contributed by atoms with van der Waals surface area (Å²) in [4.78, 5) is 9.60. The van der Waals surface area contributed by atoms with Crippen LogP contribution in [-0.4, -0.2) is 19.1 Å². The molecule has 1 amide bonds. The third-order valence-corrected chi connectivity index (χ3v) is 0.485. The monoisotopic (exact) mass is 171 g/mol. The Morgan fingerprint density at radius 1 is 1.36 bits per heavy atom. The van der Waals surface area contributed by atoms with Crippen molar-refractivity contribution in [2.75, 3.05) is 7.05 Å². The Kier molecular flexibility index (Phi) is 7.04. The van der Waals surface area contributed by atoms with E-state index in [2.05, 4.69) is 13.8 Å². The van der Waals surface area contributed by atoms with Crippen molar-refractivity contribution in [2.45, 2.75) is 26.4 Å². The van der Waals surface area contributed by atoms with E-state index in [1.807, 2.05) is 0 Å². The van der Waals surface area contributed by atoms with Gasteiger partial charge in [-0.05, 0) is 0 Å². The summed E-state index contributed by atoms with van der Waals surface area (Å²) in [7, 11) is 0.926. The minimum absolute atomic E-state index is 0.926. The Morgan fingerprint density at radius 2 is 1.64 bits per heavy atom. The number of hydrogen-bond donors (Lipinski definition) is 1. The molecule has 0 saturated carbocycles. The average Bonchev–Trinajstić information content (AvgIpc) is 1.86. The first-order valence-corrected chi connectivity index (χ1v) is 3.19. The maximum Gasteiger partial charge on any atom is 0.471 e. The van der Waals surface area contributed by atoms with Gasteiger partial charge in [-0.2, -0.15) is 13.2 Å². The summed E-state index contributed by atoms with van der Waals surface area (Å²) in [6.45, 7) is 4.25. The molecule has 0 spiro atoms. The van der Waals surface area contributed by atoms with E-state index in [9.17, 15) is 18.0 Å². The number of amides is 1. The molecule has 5 heteroatoms. The first-order chi connectivity index (χ1) is 4.90. The third kappa shape index (κ3) is 9.26. The Morgan fingerprint density at radius 3 is 1.64 bits per heavy atom. The number of halogens is 3. The fourth-order valence-electron chi connectivity index (χ4n) is 0.142. The van der Waals surface area contributed by atoms with E-state index in [0.717, 1.165) is 7.05 Å². The molecule has 0 saturated heterocycles. The molecule has 1 N–H and O–H groups in total. The van der Waals surface area contributed by atoms with Crippen LogP contribution in [0.15, 0.2) is 0 Å². The highest BCUT2D eigenvalue weighted by atomic mass is 19.4. The summed E-state index contributed by atoms with van der Waals surface area (Å²) in [5.74, 6) is -1.92. The van der Waals surface area contributed by atoms with Crippen LogP contribution in [0.4, 0.5) is 13.2 Å². The van der Waals surface area contributed by atoms with Crippen molar-refractivity contribution in [3.8, 4) is 0 Å². The van der Waals surface area contributed by atoms with Crippen molar-refractivity contribution in [1.82, 2.24) is 5.32 Å². The summed E-state index contributed by atoms with van der Waals surface area (Å²) in [5.41, 5.74) is 0. The molecule has 0 aromatic rings. The fourth-order valence-corrected chi connectivity index (χ4v) is 0.142. The standard InChI is InChI=1S/C3H4F3NO.C3H8/c1-7-2(8)3(4,5)6;1-3-2/h1H3,(H,7,8);3H2,1-2H3. The molecular formula is C6H12F3NO. The second kappa shape index (κ2) is 6.00. The van der Waals surface area contributed by atoms with E-state index in [1.54, 1.807) is 0 Å². The molecule has 0 fully saturated rings. The minimum atomic E-state index is -4.74. The lowest BCUT2D eigenvalue weighted by atomic mass is 10.6. The highest BCUT2D eigenvalue weighted by molar-refractivity contribution is 5.81. The maximum atomic E-state index is 11.0. The van der Waals surface area contributed by atoms with Crippen LogP contribution in [0.3, 0.4) is 0 Å². The van der Waals surface area contributed by atoms with E-state index in [1.165, 1.54) is 11.7 Å². The number of carbonyl (C=O) groups excluding carboxylic acids is 1. The first-order valence-electron chi connectivity index (χ1n) is 3.19. The number of alkyl halides is 3. The van der Waals surface area contributed by atoms with Crippen LogP contribution in [-0.2, 0) is 4.79 Å². The van der Waals surface area contributed by atoms with Gasteiger partial charge in [0, 0.05) is 7.05 Å². The second-order valence-electron chi connectivity index (χ2n) is 1.78. The summed E-state index contributed by atoms with van der Waals surface area (Å²) >= 11 is 0. The van der Waals surface area contributed by atoms with Crippen molar-refractivity contribution in [1.29, 1.82) is 0 Å². The number of rotatable bonds is 0. The summed E-state index contributed by atoms with van der Waals surface area (Å²) in [6.07, 6.45) is -3.49. The summed E-state index contributed by atoms with van der Waals surface area (Å²) in [5, 5.41) is 1.44. The Hall–Kier alpha value is -0.740. The van der Waals surface area contributed by atoms with Crippen molar-refractivity contribution < 1.29 is 18.0 Å². The van der Waals surface area contributed by atoms with E-state index < -0.39 is 12.1 Å². The molecule has 2 nitrogen and oxygen atoms in total. The lowest BCUT2D eigenvalue weighted by Gasteiger charge is -2.00. The second-order valence-corrected chi connectivity index (χ2v) is 1.78. The molecule has 0 aliphatic rings. The molecular weight excluding hydrogens is 159 g/mol. The number of nitrogens with one attached hydrogen (secondary N) is 1. The van der Waals surface area contributed by atoms with E-state index in [0.29, 0.717) is 0 Å². The quantitative estimate of drug-likeness (QED) is 0.590. The maximum absolute atomic E-state index is 11.0. The average molecular weight is 171 g/mol. The normalized spacial score (nSPS) is 9.64. The summed E-state index contributed by atoms with van der Waals surface area (Å²) < 4.78 is 33.1. The molecule has 0 heterocycles. The van der Waals surface area contributed by atoms with Crippen molar-refractivity contribution in [3.63, 3.8) is 0 Å². The van der Waals surface area contributed by atoms with E-state index in [4.69, 9.17) is 0 Å². The Bertz CT molecular complexity index is 111. The van der Waals surface area contributed by atoms with Gasteiger partial charge in [-0.1, -0.05) is 20.3 Å². The topological polar surface area (TPSA) is 29.1 Å². The van der Waals surface area contributed by atoms with Crippen LogP contribution in [0.1, 0.15) is 20.3 Å². The van der Waals surface area contributed by atoms with Gasteiger partial charge >= 0.3 is 12.1 Å². The molecule has 0 aliphatic carbocycles. The van der Waals surface area contributed by atoms with Crippen LogP contribution in [0, 0.1) is 0 Å². The SMILES string of the molecule is CCC.CNC(=O)C(F)(F)F. The van der Waals surface area contributed by atoms with E-state index >= 15 is 0 Å².